The molecule has 0 radical (unpaired) electrons. The lowest BCUT2D eigenvalue weighted by molar-refractivity contribution is 0.112. The normalized spacial score (nSPS) is 13.9. The molecule has 1 saturated carbocycles. The second kappa shape index (κ2) is 5.75. The average Bonchev–Trinajstić information content (AvgIpc) is 3.33. The second-order valence-electron chi connectivity index (χ2n) is 5.49. The summed E-state index contributed by atoms with van der Waals surface area (Å²) in [6, 6.07) is 5.30. The van der Waals surface area contributed by atoms with Gasteiger partial charge in [-0.1, -0.05) is 0 Å². The standard InChI is InChI=1S/C17H18N2O3/c1-3-22-16-8-11(2)15(9-18-16)19-14(12-4-5-12)7-6-13(10-20)17(19)21/h6-10,12H,3-5H2,1-2H3. The molecule has 114 valence electrons. The van der Waals surface area contributed by atoms with Crippen molar-refractivity contribution in [3.63, 3.8) is 0 Å². The van der Waals surface area contributed by atoms with Crippen LogP contribution in [-0.4, -0.2) is 22.4 Å². The molecule has 1 aliphatic rings. The van der Waals surface area contributed by atoms with Gasteiger partial charge in [0.25, 0.3) is 5.56 Å². The first-order valence-corrected chi connectivity index (χ1v) is 7.46. The maximum absolute atomic E-state index is 12.6. The molecule has 2 heterocycles. The first-order chi connectivity index (χ1) is 10.7. The summed E-state index contributed by atoms with van der Waals surface area (Å²) in [6.07, 6.45) is 4.39. The fourth-order valence-corrected chi connectivity index (χ4v) is 2.59. The number of aryl methyl sites for hydroxylation is 1. The molecular formula is C17H18N2O3. The summed E-state index contributed by atoms with van der Waals surface area (Å²) < 4.78 is 7.01. The van der Waals surface area contributed by atoms with Crippen LogP contribution in [0.3, 0.4) is 0 Å². The highest BCUT2D eigenvalue weighted by Crippen LogP contribution is 2.40. The molecule has 0 aliphatic heterocycles. The van der Waals surface area contributed by atoms with Gasteiger partial charge < -0.3 is 4.74 Å². The van der Waals surface area contributed by atoms with Gasteiger partial charge in [0.1, 0.15) is 0 Å². The SMILES string of the molecule is CCOc1cc(C)c(-n2c(C3CC3)ccc(C=O)c2=O)cn1. The molecule has 0 amide bonds. The quantitative estimate of drug-likeness (QED) is 0.796. The Kier molecular flexibility index (Phi) is 3.79. The van der Waals surface area contributed by atoms with Crippen LogP contribution in [0.5, 0.6) is 5.88 Å². The number of pyridine rings is 2. The van der Waals surface area contributed by atoms with Gasteiger partial charge in [-0.05, 0) is 50.3 Å². The van der Waals surface area contributed by atoms with Crippen molar-refractivity contribution in [1.29, 1.82) is 0 Å². The summed E-state index contributed by atoms with van der Waals surface area (Å²) in [6.45, 7) is 4.35. The predicted molar refractivity (Wildman–Crippen MR) is 83.1 cm³/mol. The van der Waals surface area contributed by atoms with Gasteiger partial charge >= 0.3 is 0 Å². The van der Waals surface area contributed by atoms with Crippen molar-refractivity contribution in [1.82, 2.24) is 9.55 Å². The topological polar surface area (TPSA) is 61.2 Å². The summed E-state index contributed by atoms with van der Waals surface area (Å²) >= 11 is 0. The number of rotatable bonds is 5. The number of hydrogen-bond donors (Lipinski definition) is 0. The summed E-state index contributed by atoms with van der Waals surface area (Å²) in [4.78, 5) is 27.9. The van der Waals surface area contributed by atoms with Gasteiger partial charge in [0.15, 0.2) is 6.29 Å². The third-order valence-electron chi connectivity index (χ3n) is 3.86. The van der Waals surface area contributed by atoms with Gasteiger partial charge in [-0.15, -0.1) is 0 Å². The smallest absolute Gasteiger partial charge is 0.265 e. The zero-order valence-electron chi connectivity index (χ0n) is 12.7. The zero-order valence-corrected chi connectivity index (χ0v) is 12.7. The van der Waals surface area contributed by atoms with Crippen LogP contribution in [0.25, 0.3) is 5.69 Å². The highest BCUT2D eigenvalue weighted by Gasteiger charge is 2.28. The minimum Gasteiger partial charge on any atom is -0.478 e. The molecule has 3 rings (SSSR count). The molecule has 0 bridgehead atoms. The Morgan fingerprint density at radius 2 is 2.18 bits per heavy atom. The number of hydrogen-bond acceptors (Lipinski definition) is 4. The van der Waals surface area contributed by atoms with E-state index in [2.05, 4.69) is 4.98 Å². The van der Waals surface area contributed by atoms with Gasteiger partial charge in [-0.25, -0.2) is 4.98 Å². The number of ether oxygens (including phenoxy) is 1. The zero-order chi connectivity index (χ0) is 15.7. The first-order valence-electron chi connectivity index (χ1n) is 7.46. The van der Waals surface area contributed by atoms with Crippen LogP contribution >= 0.6 is 0 Å². The fraction of sp³-hybridized carbons (Fsp3) is 0.353. The largest absolute Gasteiger partial charge is 0.478 e. The Morgan fingerprint density at radius 3 is 2.77 bits per heavy atom. The maximum atomic E-state index is 12.6. The Hall–Kier alpha value is -2.43. The molecule has 1 aliphatic carbocycles. The van der Waals surface area contributed by atoms with Crippen molar-refractivity contribution in [2.24, 2.45) is 0 Å². The van der Waals surface area contributed by atoms with E-state index in [-0.39, 0.29) is 11.1 Å². The summed E-state index contributed by atoms with van der Waals surface area (Å²) in [5.74, 6) is 0.927. The third kappa shape index (κ3) is 2.54. The Morgan fingerprint density at radius 1 is 1.41 bits per heavy atom. The average molecular weight is 298 g/mol. The van der Waals surface area contributed by atoms with Crippen molar-refractivity contribution < 1.29 is 9.53 Å². The van der Waals surface area contributed by atoms with E-state index in [9.17, 15) is 9.59 Å². The number of carbonyl (C=O) groups excluding carboxylic acids is 1. The van der Waals surface area contributed by atoms with E-state index >= 15 is 0 Å². The van der Waals surface area contributed by atoms with Crippen LogP contribution in [0.1, 0.15) is 47.3 Å². The molecule has 0 atom stereocenters. The molecule has 2 aromatic heterocycles. The number of carbonyl (C=O) groups is 1. The van der Waals surface area contributed by atoms with Crippen molar-refractivity contribution in [2.75, 3.05) is 6.61 Å². The molecule has 22 heavy (non-hydrogen) atoms. The van der Waals surface area contributed by atoms with E-state index in [0.717, 1.165) is 24.1 Å². The van der Waals surface area contributed by atoms with E-state index in [4.69, 9.17) is 4.74 Å². The van der Waals surface area contributed by atoms with E-state index in [1.54, 1.807) is 16.8 Å². The maximum Gasteiger partial charge on any atom is 0.265 e. The van der Waals surface area contributed by atoms with Gasteiger partial charge in [0, 0.05) is 11.8 Å². The van der Waals surface area contributed by atoms with Crippen LogP contribution in [0.4, 0.5) is 0 Å². The lowest BCUT2D eigenvalue weighted by Gasteiger charge is -2.15. The molecule has 1 fully saturated rings. The highest BCUT2D eigenvalue weighted by atomic mass is 16.5. The highest BCUT2D eigenvalue weighted by molar-refractivity contribution is 5.74. The molecular weight excluding hydrogens is 280 g/mol. The van der Waals surface area contributed by atoms with E-state index < -0.39 is 0 Å². The Bertz CT molecular complexity index is 776. The van der Waals surface area contributed by atoms with Crippen LogP contribution < -0.4 is 10.3 Å². The van der Waals surface area contributed by atoms with Crippen molar-refractivity contribution in [2.45, 2.75) is 32.6 Å². The van der Waals surface area contributed by atoms with Gasteiger partial charge in [0.05, 0.1) is 24.1 Å². The predicted octanol–water partition coefficient (Wildman–Crippen LogP) is 2.63. The molecule has 2 aromatic rings. The molecule has 0 saturated heterocycles. The van der Waals surface area contributed by atoms with Gasteiger partial charge in [-0.2, -0.15) is 0 Å². The minimum absolute atomic E-state index is 0.165. The molecule has 0 N–H and O–H groups in total. The lowest BCUT2D eigenvalue weighted by atomic mass is 10.1. The Labute approximate surface area is 128 Å². The summed E-state index contributed by atoms with van der Waals surface area (Å²) in [5, 5.41) is 0. The molecule has 0 spiro atoms. The van der Waals surface area contributed by atoms with Crippen LogP contribution in [0.15, 0.2) is 29.2 Å². The molecule has 5 nitrogen and oxygen atoms in total. The van der Waals surface area contributed by atoms with Crippen molar-refractivity contribution in [3.05, 3.63) is 51.6 Å². The molecule has 5 heteroatoms. The van der Waals surface area contributed by atoms with Crippen LogP contribution in [-0.2, 0) is 0 Å². The molecule has 0 unspecified atom stereocenters. The van der Waals surface area contributed by atoms with Crippen molar-refractivity contribution in [3.8, 4) is 11.6 Å². The van der Waals surface area contributed by atoms with Crippen LogP contribution in [0, 0.1) is 6.92 Å². The van der Waals surface area contributed by atoms with Crippen molar-refractivity contribution >= 4 is 6.29 Å². The first kappa shape index (κ1) is 14.5. The number of nitrogens with zero attached hydrogens (tertiary/aromatic N) is 2. The lowest BCUT2D eigenvalue weighted by Crippen LogP contribution is -2.25. The third-order valence-corrected chi connectivity index (χ3v) is 3.86. The van der Waals surface area contributed by atoms with E-state index in [1.807, 2.05) is 26.0 Å². The Balaban J connectivity index is 2.18. The number of aromatic nitrogens is 2. The number of aldehydes is 1. The van der Waals surface area contributed by atoms with Crippen LogP contribution in [0.2, 0.25) is 0 Å². The minimum atomic E-state index is -0.284. The summed E-state index contributed by atoms with van der Waals surface area (Å²) in [7, 11) is 0. The molecule has 0 aromatic carbocycles. The fourth-order valence-electron chi connectivity index (χ4n) is 2.59. The van der Waals surface area contributed by atoms with Gasteiger partial charge in [0.2, 0.25) is 5.88 Å². The van der Waals surface area contributed by atoms with E-state index in [1.165, 1.54) is 0 Å². The summed E-state index contributed by atoms with van der Waals surface area (Å²) in [5.41, 5.74) is 2.43. The second-order valence-corrected chi connectivity index (χ2v) is 5.49. The van der Waals surface area contributed by atoms with Gasteiger partial charge in [-0.3, -0.25) is 14.2 Å². The monoisotopic (exact) mass is 298 g/mol. The van der Waals surface area contributed by atoms with E-state index in [0.29, 0.717) is 30.4 Å².